The van der Waals surface area contributed by atoms with Crippen molar-refractivity contribution in [1.29, 1.82) is 0 Å². The fourth-order valence-electron chi connectivity index (χ4n) is 4.88. The second-order valence-corrected chi connectivity index (χ2v) is 9.41. The zero-order valence-electron chi connectivity index (χ0n) is 20.3. The van der Waals surface area contributed by atoms with Crippen molar-refractivity contribution < 1.29 is 0 Å². The van der Waals surface area contributed by atoms with Gasteiger partial charge < -0.3 is 15.2 Å². The molecule has 4 rings (SSSR count). The van der Waals surface area contributed by atoms with Gasteiger partial charge in [-0.05, 0) is 45.1 Å². The van der Waals surface area contributed by atoms with Crippen LogP contribution in [0.1, 0.15) is 75.1 Å². The molecule has 0 amide bonds. The van der Waals surface area contributed by atoms with Crippen LogP contribution in [0.5, 0.6) is 0 Å². The smallest absolute Gasteiger partial charge is 0.192 e. The molecule has 1 saturated carbocycles. The lowest BCUT2D eigenvalue weighted by Crippen LogP contribution is -2.51. The topological polar surface area (TPSA) is 70.4 Å². The van der Waals surface area contributed by atoms with Crippen LogP contribution >= 0.6 is 24.0 Å². The summed E-state index contributed by atoms with van der Waals surface area (Å²) in [4.78, 5) is 7.51. The van der Waals surface area contributed by atoms with Crippen LogP contribution in [0.15, 0.2) is 35.3 Å². The van der Waals surface area contributed by atoms with Crippen LogP contribution in [0.2, 0.25) is 0 Å². The van der Waals surface area contributed by atoms with E-state index in [1.165, 1.54) is 37.7 Å². The van der Waals surface area contributed by atoms with Gasteiger partial charge >= 0.3 is 0 Å². The molecule has 1 unspecified atom stereocenters. The summed E-state index contributed by atoms with van der Waals surface area (Å²) in [7, 11) is 2.01. The number of hydrogen-bond acceptors (Lipinski definition) is 4. The molecule has 8 heteroatoms. The van der Waals surface area contributed by atoms with Gasteiger partial charge in [0.2, 0.25) is 0 Å². The lowest BCUT2D eigenvalue weighted by molar-refractivity contribution is 0.158. The van der Waals surface area contributed by atoms with E-state index in [1.807, 2.05) is 18.5 Å². The van der Waals surface area contributed by atoms with Crippen LogP contribution in [0.25, 0.3) is 0 Å². The number of halogens is 1. The van der Waals surface area contributed by atoms with Crippen LogP contribution in [0.4, 0.5) is 0 Å². The zero-order chi connectivity index (χ0) is 22.3. The molecule has 1 aromatic heterocycles. The first-order valence-corrected chi connectivity index (χ1v) is 12.3. The van der Waals surface area contributed by atoms with Gasteiger partial charge in [0, 0.05) is 38.3 Å². The molecular formula is C25H40IN7. The SMILES string of the molecule is Cc1nnc(CN=C(NC2CCCCC2)NC2CCN(C(C)c3ccccc3)CC2)n1C.I. The Hall–Kier alpha value is -1.68. The molecule has 182 valence electrons. The third kappa shape index (κ3) is 7.15. The van der Waals surface area contributed by atoms with Crippen LogP contribution in [0, 0.1) is 6.92 Å². The van der Waals surface area contributed by atoms with Gasteiger partial charge in [-0.15, -0.1) is 34.2 Å². The standard InChI is InChI=1S/C25H39N7.HI/c1-19(21-10-6-4-7-11-21)32-16-14-23(15-17-32)28-25(27-22-12-8-5-9-13-22)26-18-24-30-29-20(2)31(24)3;/h4,6-7,10-11,19,22-23H,5,8-9,12-18H2,1-3H3,(H2,26,27,28);1H. The van der Waals surface area contributed by atoms with E-state index < -0.39 is 0 Å². The maximum atomic E-state index is 4.92. The van der Waals surface area contributed by atoms with Crippen molar-refractivity contribution in [3.8, 4) is 0 Å². The van der Waals surface area contributed by atoms with Gasteiger partial charge in [0.05, 0.1) is 0 Å². The number of benzene rings is 1. The predicted molar refractivity (Wildman–Crippen MR) is 145 cm³/mol. The fourth-order valence-corrected chi connectivity index (χ4v) is 4.88. The minimum Gasteiger partial charge on any atom is -0.354 e. The number of aryl methyl sites for hydroxylation is 1. The van der Waals surface area contributed by atoms with Crippen LogP contribution in [0.3, 0.4) is 0 Å². The van der Waals surface area contributed by atoms with Crippen LogP contribution in [-0.4, -0.2) is 50.8 Å². The fraction of sp³-hybridized carbons (Fsp3) is 0.640. The van der Waals surface area contributed by atoms with Gasteiger partial charge in [-0.2, -0.15) is 0 Å². The quantitative estimate of drug-likeness (QED) is 0.310. The summed E-state index contributed by atoms with van der Waals surface area (Å²) in [6.45, 7) is 7.05. The molecule has 2 aromatic rings. The van der Waals surface area contributed by atoms with Crippen molar-refractivity contribution in [1.82, 2.24) is 30.3 Å². The molecule has 1 aliphatic heterocycles. The Morgan fingerprint density at radius 2 is 1.64 bits per heavy atom. The molecule has 2 N–H and O–H groups in total. The van der Waals surface area contributed by atoms with E-state index >= 15 is 0 Å². The van der Waals surface area contributed by atoms with Gasteiger partial charge in [-0.1, -0.05) is 49.6 Å². The first kappa shape index (κ1) is 25.9. The maximum absolute atomic E-state index is 4.92. The zero-order valence-corrected chi connectivity index (χ0v) is 22.7. The summed E-state index contributed by atoms with van der Waals surface area (Å²) in [6.07, 6.45) is 8.70. The van der Waals surface area contributed by atoms with Crippen molar-refractivity contribution in [2.45, 2.75) is 83.5 Å². The Labute approximate surface area is 215 Å². The number of rotatable bonds is 6. The summed E-state index contributed by atoms with van der Waals surface area (Å²) in [6, 6.07) is 12.3. The normalized spacial score (nSPS) is 19.7. The number of guanidine groups is 1. The number of nitrogens with one attached hydrogen (secondary N) is 2. The number of aromatic nitrogens is 3. The van der Waals surface area contributed by atoms with E-state index in [-0.39, 0.29) is 24.0 Å². The molecule has 2 fully saturated rings. The average molecular weight is 566 g/mol. The summed E-state index contributed by atoms with van der Waals surface area (Å²) in [5, 5.41) is 15.9. The molecule has 0 radical (unpaired) electrons. The molecule has 1 aliphatic carbocycles. The van der Waals surface area contributed by atoms with Crippen molar-refractivity contribution in [3.05, 3.63) is 47.5 Å². The first-order valence-electron chi connectivity index (χ1n) is 12.3. The molecule has 7 nitrogen and oxygen atoms in total. The molecule has 0 spiro atoms. The summed E-state index contributed by atoms with van der Waals surface area (Å²) < 4.78 is 2.02. The highest BCUT2D eigenvalue weighted by molar-refractivity contribution is 14.0. The highest BCUT2D eigenvalue weighted by Crippen LogP contribution is 2.24. The molecule has 1 aromatic carbocycles. The Balaban J connectivity index is 0.00000306. The third-order valence-corrected chi connectivity index (χ3v) is 7.21. The largest absolute Gasteiger partial charge is 0.354 e. The number of aliphatic imine (C=N–C) groups is 1. The van der Waals surface area contributed by atoms with Crippen LogP contribution < -0.4 is 10.6 Å². The van der Waals surface area contributed by atoms with Crippen molar-refractivity contribution in [3.63, 3.8) is 0 Å². The molecule has 33 heavy (non-hydrogen) atoms. The molecular weight excluding hydrogens is 525 g/mol. The van der Waals surface area contributed by atoms with Gasteiger partial charge in [0.15, 0.2) is 11.8 Å². The average Bonchev–Trinajstić information content (AvgIpc) is 3.16. The molecule has 2 heterocycles. The van der Waals surface area contributed by atoms with Crippen molar-refractivity contribution >= 4 is 29.9 Å². The number of likely N-dealkylation sites (tertiary alicyclic amines) is 1. The van der Waals surface area contributed by atoms with E-state index in [2.05, 4.69) is 63.0 Å². The molecule has 1 atom stereocenters. The van der Waals surface area contributed by atoms with E-state index in [0.717, 1.165) is 43.5 Å². The maximum Gasteiger partial charge on any atom is 0.192 e. The van der Waals surface area contributed by atoms with E-state index in [9.17, 15) is 0 Å². The monoisotopic (exact) mass is 565 g/mol. The highest BCUT2D eigenvalue weighted by Gasteiger charge is 2.25. The van der Waals surface area contributed by atoms with Crippen LogP contribution in [-0.2, 0) is 13.6 Å². The Kier molecular flexibility index (Phi) is 9.97. The minimum atomic E-state index is 0. The van der Waals surface area contributed by atoms with Gasteiger partial charge in [0.25, 0.3) is 0 Å². The van der Waals surface area contributed by atoms with Gasteiger partial charge in [-0.25, -0.2) is 4.99 Å². The summed E-state index contributed by atoms with van der Waals surface area (Å²) in [5.41, 5.74) is 1.40. The molecule has 2 aliphatic rings. The molecule has 0 bridgehead atoms. The third-order valence-electron chi connectivity index (χ3n) is 7.21. The van der Waals surface area contributed by atoms with E-state index in [0.29, 0.717) is 24.7 Å². The number of piperidine rings is 1. The highest BCUT2D eigenvalue weighted by atomic mass is 127. The van der Waals surface area contributed by atoms with E-state index in [4.69, 9.17) is 4.99 Å². The predicted octanol–water partition coefficient (Wildman–Crippen LogP) is 4.34. The summed E-state index contributed by atoms with van der Waals surface area (Å²) >= 11 is 0. The number of nitrogens with zero attached hydrogens (tertiary/aromatic N) is 5. The molecule has 1 saturated heterocycles. The second kappa shape index (κ2) is 12.7. The van der Waals surface area contributed by atoms with E-state index in [1.54, 1.807) is 0 Å². The Morgan fingerprint density at radius 1 is 1.00 bits per heavy atom. The van der Waals surface area contributed by atoms with Gasteiger partial charge in [-0.3, -0.25) is 4.90 Å². The first-order chi connectivity index (χ1) is 15.6. The summed E-state index contributed by atoms with van der Waals surface area (Å²) in [5.74, 6) is 2.76. The van der Waals surface area contributed by atoms with Crippen molar-refractivity contribution in [2.75, 3.05) is 13.1 Å². The minimum absolute atomic E-state index is 0. The van der Waals surface area contributed by atoms with Crippen molar-refractivity contribution in [2.24, 2.45) is 12.0 Å². The lowest BCUT2D eigenvalue weighted by atomic mass is 9.95. The Morgan fingerprint density at radius 3 is 2.24 bits per heavy atom. The van der Waals surface area contributed by atoms with Gasteiger partial charge in [0.1, 0.15) is 12.4 Å². The Bertz CT molecular complexity index is 868. The second-order valence-electron chi connectivity index (χ2n) is 9.41. The lowest BCUT2D eigenvalue weighted by Gasteiger charge is -2.37. The number of hydrogen-bond donors (Lipinski definition) is 2.